The van der Waals surface area contributed by atoms with Gasteiger partial charge in [0.05, 0.1) is 10.5 Å². The van der Waals surface area contributed by atoms with Gasteiger partial charge in [-0.25, -0.2) is 13.1 Å². The molecule has 0 spiro atoms. The third kappa shape index (κ3) is 4.82. The van der Waals surface area contributed by atoms with Crippen LogP contribution in [0.2, 0.25) is 0 Å². The van der Waals surface area contributed by atoms with E-state index >= 15 is 0 Å². The van der Waals surface area contributed by atoms with Gasteiger partial charge in [-0.1, -0.05) is 15.9 Å². The molecule has 0 radical (unpaired) electrons. The zero-order chi connectivity index (χ0) is 15.0. The highest BCUT2D eigenvalue weighted by Crippen LogP contribution is 2.33. The molecule has 120 valence electrons. The van der Waals surface area contributed by atoms with Gasteiger partial charge in [-0.3, -0.25) is 0 Å². The lowest BCUT2D eigenvalue weighted by molar-refractivity contribution is -0.137. The summed E-state index contributed by atoms with van der Waals surface area (Å²) in [5.41, 5.74) is -1.00. The zero-order valence-electron chi connectivity index (χ0n) is 10.6. The fourth-order valence-electron chi connectivity index (χ4n) is 1.92. The van der Waals surface area contributed by atoms with Crippen molar-refractivity contribution in [1.29, 1.82) is 0 Å². The van der Waals surface area contributed by atoms with E-state index in [1.165, 1.54) is 0 Å². The van der Waals surface area contributed by atoms with Crippen molar-refractivity contribution in [2.45, 2.75) is 23.5 Å². The number of hydrogen-bond acceptors (Lipinski definition) is 3. The molecule has 0 bridgehead atoms. The third-order valence-corrected chi connectivity index (χ3v) is 4.85. The average Bonchev–Trinajstić information content (AvgIpc) is 2.79. The Balaban J connectivity index is 0.00000220. The molecule has 1 saturated heterocycles. The van der Waals surface area contributed by atoms with Crippen molar-refractivity contribution in [2.24, 2.45) is 0 Å². The fraction of sp³-hybridized carbons (Fsp3) is 0.455. The first-order chi connectivity index (χ1) is 9.18. The first-order valence-corrected chi connectivity index (χ1v) is 8.07. The quantitative estimate of drug-likeness (QED) is 0.807. The van der Waals surface area contributed by atoms with Crippen LogP contribution in [-0.4, -0.2) is 27.5 Å². The van der Waals surface area contributed by atoms with Gasteiger partial charge in [-0.15, -0.1) is 12.4 Å². The molecule has 0 amide bonds. The van der Waals surface area contributed by atoms with Crippen LogP contribution in [-0.2, 0) is 16.2 Å². The summed E-state index contributed by atoms with van der Waals surface area (Å²) in [4.78, 5) is -0.397. The normalized spacial score (nSPS) is 19.3. The van der Waals surface area contributed by atoms with Crippen LogP contribution < -0.4 is 10.0 Å². The summed E-state index contributed by atoms with van der Waals surface area (Å²) >= 11 is 2.91. The molecule has 2 rings (SSSR count). The molecule has 4 nitrogen and oxygen atoms in total. The van der Waals surface area contributed by atoms with Crippen molar-refractivity contribution >= 4 is 38.4 Å². The molecule has 0 aliphatic carbocycles. The average molecular weight is 410 g/mol. The summed E-state index contributed by atoms with van der Waals surface area (Å²) in [6, 6.07) is 2.33. The predicted molar refractivity (Wildman–Crippen MR) is 78.0 cm³/mol. The van der Waals surface area contributed by atoms with Crippen molar-refractivity contribution < 1.29 is 21.6 Å². The smallest absolute Gasteiger partial charge is 0.315 e. The summed E-state index contributed by atoms with van der Waals surface area (Å²) in [7, 11) is -3.97. The Morgan fingerprint density at radius 1 is 1.29 bits per heavy atom. The summed E-state index contributed by atoms with van der Waals surface area (Å²) in [5, 5.41) is 2.98. The van der Waals surface area contributed by atoms with E-state index in [1.807, 2.05) is 0 Å². The van der Waals surface area contributed by atoms with Crippen LogP contribution in [0, 0.1) is 0 Å². The third-order valence-electron chi connectivity index (χ3n) is 2.89. The van der Waals surface area contributed by atoms with Gasteiger partial charge in [0, 0.05) is 17.1 Å². The standard InChI is InChI=1S/C11H12BrF3N2O2S.ClH/c12-8-3-7(11(13,14)15)4-10(5-8)20(18,19)17-9-1-2-16-6-9;/h3-5,9,16-17H,1-2,6H2;1H. The molecule has 1 heterocycles. The lowest BCUT2D eigenvalue weighted by atomic mass is 10.2. The van der Waals surface area contributed by atoms with E-state index in [0.29, 0.717) is 25.6 Å². The molecule has 1 aliphatic rings. The van der Waals surface area contributed by atoms with E-state index in [1.54, 1.807) is 0 Å². The van der Waals surface area contributed by atoms with Crippen molar-refractivity contribution in [3.05, 3.63) is 28.2 Å². The van der Waals surface area contributed by atoms with Gasteiger partial charge in [0.2, 0.25) is 10.0 Å². The molecule has 1 aliphatic heterocycles. The van der Waals surface area contributed by atoms with Crippen LogP contribution in [0.3, 0.4) is 0 Å². The lowest BCUT2D eigenvalue weighted by Gasteiger charge is -2.14. The molecule has 1 unspecified atom stereocenters. The molecule has 0 saturated carbocycles. The van der Waals surface area contributed by atoms with Crippen LogP contribution in [0.4, 0.5) is 13.2 Å². The maximum Gasteiger partial charge on any atom is 0.416 e. The molecule has 1 aromatic carbocycles. The van der Waals surface area contributed by atoms with Gasteiger partial charge in [0.1, 0.15) is 0 Å². The van der Waals surface area contributed by atoms with Gasteiger partial charge in [-0.05, 0) is 31.2 Å². The van der Waals surface area contributed by atoms with Crippen molar-refractivity contribution in [3.8, 4) is 0 Å². The number of halogens is 5. The SMILES string of the molecule is Cl.O=S(=O)(NC1CCNC1)c1cc(Br)cc(C(F)(F)F)c1. The highest BCUT2D eigenvalue weighted by atomic mass is 79.9. The van der Waals surface area contributed by atoms with Crippen LogP contribution in [0.15, 0.2) is 27.6 Å². The van der Waals surface area contributed by atoms with Crippen molar-refractivity contribution in [3.63, 3.8) is 0 Å². The van der Waals surface area contributed by atoms with Gasteiger partial charge in [-0.2, -0.15) is 13.2 Å². The van der Waals surface area contributed by atoms with Crippen molar-refractivity contribution in [1.82, 2.24) is 10.0 Å². The molecule has 0 aromatic heterocycles. The van der Waals surface area contributed by atoms with E-state index in [9.17, 15) is 21.6 Å². The second-order valence-electron chi connectivity index (χ2n) is 4.48. The Bertz CT molecular complexity index is 604. The molecular weight excluding hydrogens is 397 g/mol. The number of hydrogen-bond donors (Lipinski definition) is 2. The van der Waals surface area contributed by atoms with E-state index in [4.69, 9.17) is 0 Å². The van der Waals surface area contributed by atoms with Crippen LogP contribution >= 0.6 is 28.3 Å². The first-order valence-electron chi connectivity index (χ1n) is 5.79. The first kappa shape index (κ1) is 18.7. The van der Waals surface area contributed by atoms with Crippen LogP contribution in [0.5, 0.6) is 0 Å². The molecule has 1 fully saturated rings. The van der Waals surface area contributed by atoms with E-state index in [-0.39, 0.29) is 22.9 Å². The Labute approximate surface area is 135 Å². The molecule has 10 heteroatoms. The number of alkyl halides is 3. The van der Waals surface area contributed by atoms with Gasteiger partial charge < -0.3 is 5.32 Å². The maximum absolute atomic E-state index is 12.7. The van der Waals surface area contributed by atoms with E-state index < -0.39 is 26.7 Å². The number of benzene rings is 1. The summed E-state index contributed by atoms with van der Waals surface area (Å²) in [6.07, 6.45) is -3.98. The van der Waals surface area contributed by atoms with Gasteiger partial charge >= 0.3 is 6.18 Å². The molecular formula is C11H13BrClF3N2O2S. The summed E-state index contributed by atoms with van der Waals surface area (Å²) in [5.74, 6) is 0. The number of sulfonamides is 1. The number of rotatable bonds is 3. The van der Waals surface area contributed by atoms with Crippen molar-refractivity contribution in [2.75, 3.05) is 13.1 Å². The molecule has 1 aromatic rings. The van der Waals surface area contributed by atoms with Gasteiger partial charge in [0.25, 0.3) is 0 Å². The summed E-state index contributed by atoms with van der Waals surface area (Å²) < 4.78 is 64.7. The Morgan fingerprint density at radius 2 is 1.95 bits per heavy atom. The minimum atomic E-state index is -4.59. The minimum Gasteiger partial charge on any atom is -0.315 e. The largest absolute Gasteiger partial charge is 0.416 e. The highest BCUT2D eigenvalue weighted by molar-refractivity contribution is 9.10. The van der Waals surface area contributed by atoms with Gasteiger partial charge in [0.15, 0.2) is 0 Å². The molecule has 1 atom stereocenters. The predicted octanol–water partition coefficient (Wildman–Crippen LogP) is 2.53. The van der Waals surface area contributed by atoms with Crippen LogP contribution in [0.1, 0.15) is 12.0 Å². The second-order valence-corrected chi connectivity index (χ2v) is 7.11. The molecule has 21 heavy (non-hydrogen) atoms. The lowest BCUT2D eigenvalue weighted by Crippen LogP contribution is -2.36. The Morgan fingerprint density at radius 3 is 2.48 bits per heavy atom. The fourth-order valence-corrected chi connectivity index (χ4v) is 3.91. The highest BCUT2D eigenvalue weighted by Gasteiger charge is 2.33. The summed E-state index contributed by atoms with van der Waals surface area (Å²) in [6.45, 7) is 1.15. The van der Waals surface area contributed by atoms with E-state index in [0.717, 1.165) is 12.1 Å². The Hall–Kier alpha value is -0.350. The maximum atomic E-state index is 12.7. The minimum absolute atomic E-state index is 0. The second kappa shape index (κ2) is 6.82. The topological polar surface area (TPSA) is 58.2 Å². The Kier molecular flexibility index (Phi) is 6.08. The monoisotopic (exact) mass is 408 g/mol. The number of nitrogens with one attached hydrogen (secondary N) is 2. The van der Waals surface area contributed by atoms with E-state index in [2.05, 4.69) is 26.0 Å². The van der Waals surface area contributed by atoms with Crippen LogP contribution in [0.25, 0.3) is 0 Å². The molecule has 2 N–H and O–H groups in total. The zero-order valence-corrected chi connectivity index (χ0v) is 13.8.